The lowest BCUT2D eigenvalue weighted by molar-refractivity contribution is -0.174. The van der Waals surface area contributed by atoms with Gasteiger partial charge in [-0.05, 0) is 25.1 Å². The molecule has 0 N–H and O–H groups in total. The summed E-state index contributed by atoms with van der Waals surface area (Å²) in [6.45, 7) is 3.33. The van der Waals surface area contributed by atoms with Crippen LogP contribution in [0.15, 0.2) is 47.0 Å². The fraction of sp³-hybridized carbons (Fsp3) is 0.364. The first-order valence-corrected chi connectivity index (χ1v) is 9.73. The van der Waals surface area contributed by atoms with Crippen LogP contribution in [-0.2, 0) is 4.74 Å². The molecule has 2 aliphatic heterocycles. The van der Waals surface area contributed by atoms with Crippen LogP contribution in [0.5, 0.6) is 5.88 Å². The number of carbonyl (C=O) groups excluding carboxylic acids is 1. The van der Waals surface area contributed by atoms with Gasteiger partial charge in [0, 0.05) is 30.0 Å². The molecular formula is C22H21FN2O4. The Labute approximate surface area is 167 Å². The van der Waals surface area contributed by atoms with Gasteiger partial charge in [-0.2, -0.15) is 0 Å². The molecule has 29 heavy (non-hydrogen) atoms. The number of aryl methyl sites for hydroxylation is 1. The third-order valence-corrected chi connectivity index (χ3v) is 5.73. The van der Waals surface area contributed by atoms with Crippen molar-refractivity contribution in [2.24, 2.45) is 0 Å². The first kappa shape index (κ1) is 18.1. The van der Waals surface area contributed by atoms with Crippen LogP contribution in [-0.4, -0.2) is 47.2 Å². The average Bonchev–Trinajstić information content (AvgIpc) is 3.04. The predicted octanol–water partition coefficient (Wildman–Crippen LogP) is 3.73. The molecule has 1 aromatic carbocycles. The Bertz CT molecular complexity index is 1070. The van der Waals surface area contributed by atoms with E-state index in [1.807, 2.05) is 31.2 Å². The lowest BCUT2D eigenvalue weighted by Crippen LogP contribution is -2.67. The van der Waals surface area contributed by atoms with Crippen LogP contribution in [0.2, 0.25) is 0 Å². The van der Waals surface area contributed by atoms with Crippen molar-refractivity contribution in [1.29, 1.82) is 0 Å². The fourth-order valence-electron chi connectivity index (χ4n) is 4.23. The van der Waals surface area contributed by atoms with Crippen LogP contribution in [0, 0.1) is 12.7 Å². The van der Waals surface area contributed by atoms with Gasteiger partial charge >= 0.3 is 0 Å². The van der Waals surface area contributed by atoms with Gasteiger partial charge in [-0.15, -0.1) is 0 Å². The topological polar surface area (TPSA) is 64.8 Å². The third-order valence-electron chi connectivity index (χ3n) is 5.73. The Kier molecular flexibility index (Phi) is 4.28. The van der Waals surface area contributed by atoms with Crippen LogP contribution in [0.4, 0.5) is 4.39 Å². The summed E-state index contributed by atoms with van der Waals surface area (Å²) in [7, 11) is 0. The van der Waals surface area contributed by atoms with Gasteiger partial charge < -0.3 is 18.8 Å². The van der Waals surface area contributed by atoms with Gasteiger partial charge in [0.2, 0.25) is 0 Å². The van der Waals surface area contributed by atoms with Gasteiger partial charge in [0.05, 0.1) is 19.7 Å². The molecule has 1 spiro atoms. The zero-order valence-electron chi connectivity index (χ0n) is 16.1. The van der Waals surface area contributed by atoms with Gasteiger partial charge in [0.25, 0.3) is 11.8 Å². The molecular weight excluding hydrogens is 375 g/mol. The number of furan rings is 1. The van der Waals surface area contributed by atoms with Crippen molar-refractivity contribution in [2.75, 3.05) is 19.7 Å². The Hall–Kier alpha value is -2.93. The number of likely N-dealkylation sites (tertiary alicyclic amines) is 1. The normalized spacial score (nSPS) is 20.6. The Morgan fingerprint density at radius 3 is 2.90 bits per heavy atom. The van der Waals surface area contributed by atoms with E-state index in [1.165, 1.54) is 18.3 Å². The van der Waals surface area contributed by atoms with E-state index >= 15 is 0 Å². The number of fused-ring (bicyclic) bond motifs is 1. The number of benzene rings is 1. The maximum Gasteiger partial charge on any atom is 0.290 e. The SMILES string of the molecule is Cc1c(C(=O)N2CC3(C[C@@H](Oc4ncccc4F)CCO3)C2)oc2ccccc12. The molecule has 0 saturated carbocycles. The molecule has 2 saturated heterocycles. The van der Waals surface area contributed by atoms with E-state index in [1.54, 1.807) is 4.90 Å². The average molecular weight is 396 g/mol. The summed E-state index contributed by atoms with van der Waals surface area (Å²) in [4.78, 5) is 18.6. The highest BCUT2D eigenvalue weighted by Crippen LogP contribution is 2.37. The first-order chi connectivity index (χ1) is 14.0. The van der Waals surface area contributed by atoms with Crippen LogP contribution in [0.1, 0.15) is 29.0 Å². The van der Waals surface area contributed by atoms with Gasteiger partial charge in [0.15, 0.2) is 11.6 Å². The van der Waals surface area contributed by atoms with E-state index in [9.17, 15) is 9.18 Å². The maximum absolute atomic E-state index is 13.8. The van der Waals surface area contributed by atoms with E-state index in [2.05, 4.69) is 4.98 Å². The largest absolute Gasteiger partial charge is 0.472 e. The standard InChI is InChI=1S/C22H21FN2O4/c1-14-16-5-2-3-7-18(16)29-19(14)21(26)25-12-22(13-25)11-15(8-10-27-22)28-20-17(23)6-4-9-24-20/h2-7,9,15H,8,10-13H2,1H3/t15-/m0/s1. The molecule has 1 amide bonds. The Morgan fingerprint density at radius 1 is 1.28 bits per heavy atom. The molecule has 1 atom stereocenters. The summed E-state index contributed by atoms with van der Waals surface area (Å²) in [5.74, 6) is -0.217. The minimum Gasteiger partial charge on any atom is -0.472 e. The molecule has 2 aromatic heterocycles. The second kappa shape index (κ2) is 6.84. The molecule has 7 heteroatoms. The minimum absolute atomic E-state index is 0.0136. The number of nitrogens with zero attached hydrogens (tertiary/aromatic N) is 2. The number of rotatable bonds is 3. The van der Waals surface area contributed by atoms with Gasteiger partial charge in [-0.25, -0.2) is 9.37 Å². The van der Waals surface area contributed by atoms with Crippen molar-refractivity contribution in [3.8, 4) is 5.88 Å². The number of pyridine rings is 1. The first-order valence-electron chi connectivity index (χ1n) is 9.73. The Balaban J connectivity index is 1.27. The number of halogens is 1. The number of carbonyl (C=O) groups is 1. The second-order valence-electron chi connectivity index (χ2n) is 7.77. The molecule has 5 rings (SSSR count). The van der Waals surface area contributed by atoms with E-state index in [4.69, 9.17) is 13.9 Å². The van der Waals surface area contributed by atoms with Gasteiger partial charge in [-0.3, -0.25) is 4.79 Å². The van der Waals surface area contributed by atoms with Crippen molar-refractivity contribution >= 4 is 16.9 Å². The zero-order chi connectivity index (χ0) is 20.0. The summed E-state index contributed by atoms with van der Waals surface area (Å²) in [6.07, 6.45) is 2.56. The van der Waals surface area contributed by atoms with E-state index in [0.29, 0.717) is 43.9 Å². The molecule has 0 radical (unpaired) electrons. The van der Waals surface area contributed by atoms with Crippen molar-refractivity contribution < 1.29 is 23.1 Å². The van der Waals surface area contributed by atoms with Crippen molar-refractivity contribution in [3.05, 3.63) is 59.7 Å². The molecule has 6 nitrogen and oxygen atoms in total. The molecule has 2 aliphatic rings. The lowest BCUT2D eigenvalue weighted by Gasteiger charge is -2.52. The van der Waals surface area contributed by atoms with E-state index in [-0.39, 0.29) is 17.9 Å². The molecule has 0 bridgehead atoms. The van der Waals surface area contributed by atoms with Crippen LogP contribution < -0.4 is 4.74 Å². The number of para-hydroxylation sites is 1. The summed E-state index contributed by atoms with van der Waals surface area (Å²) in [5, 5.41) is 0.950. The van der Waals surface area contributed by atoms with Crippen LogP contribution in [0.3, 0.4) is 0 Å². The molecule has 4 heterocycles. The molecule has 0 unspecified atom stereocenters. The van der Waals surface area contributed by atoms with Crippen molar-refractivity contribution in [2.45, 2.75) is 31.5 Å². The molecule has 150 valence electrons. The lowest BCUT2D eigenvalue weighted by atomic mass is 9.84. The van der Waals surface area contributed by atoms with Crippen LogP contribution >= 0.6 is 0 Å². The van der Waals surface area contributed by atoms with Gasteiger partial charge in [-0.1, -0.05) is 18.2 Å². The minimum atomic E-state index is -0.473. The summed E-state index contributed by atoms with van der Waals surface area (Å²) in [6, 6.07) is 10.5. The highest BCUT2D eigenvalue weighted by atomic mass is 19.1. The number of hydrogen-bond acceptors (Lipinski definition) is 5. The zero-order valence-corrected chi connectivity index (χ0v) is 16.1. The second-order valence-corrected chi connectivity index (χ2v) is 7.77. The third kappa shape index (κ3) is 3.15. The molecule has 3 aromatic rings. The number of amides is 1. The number of aromatic nitrogens is 1. The number of ether oxygens (including phenoxy) is 2. The summed E-state index contributed by atoms with van der Waals surface area (Å²) < 4.78 is 31.4. The predicted molar refractivity (Wildman–Crippen MR) is 103 cm³/mol. The highest BCUT2D eigenvalue weighted by molar-refractivity contribution is 5.99. The van der Waals surface area contributed by atoms with Crippen molar-refractivity contribution in [3.63, 3.8) is 0 Å². The maximum atomic E-state index is 13.8. The smallest absolute Gasteiger partial charge is 0.290 e. The quantitative estimate of drug-likeness (QED) is 0.675. The number of hydrogen-bond donors (Lipinski definition) is 0. The van der Waals surface area contributed by atoms with Gasteiger partial charge in [0.1, 0.15) is 17.3 Å². The Morgan fingerprint density at radius 2 is 2.10 bits per heavy atom. The summed E-state index contributed by atoms with van der Waals surface area (Å²) >= 11 is 0. The van der Waals surface area contributed by atoms with E-state index in [0.717, 1.165) is 10.9 Å². The monoisotopic (exact) mass is 396 g/mol. The molecule has 2 fully saturated rings. The van der Waals surface area contributed by atoms with Crippen LogP contribution in [0.25, 0.3) is 11.0 Å². The summed E-state index contributed by atoms with van der Waals surface area (Å²) in [5.41, 5.74) is 1.11. The fourth-order valence-corrected chi connectivity index (χ4v) is 4.23. The molecule has 0 aliphatic carbocycles. The van der Waals surface area contributed by atoms with E-state index < -0.39 is 11.4 Å². The van der Waals surface area contributed by atoms with Crippen molar-refractivity contribution in [1.82, 2.24) is 9.88 Å². The highest BCUT2D eigenvalue weighted by Gasteiger charge is 2.50.